The van der Waals surface area contributed by atoms with Crippen LogP contribution in [0.4, 0.5) is 5.69 Å². The first-order valence-electron chi connectivity index (χ1n) is 7.25. The second-order valence-electron chi connectivity index (χ2n) is 6.10. The fourth-order valence-electron chi connectivity index (χ4n) is 2.80. The predicted molar refractivity (Wildman–Crippen MR) is 77.4 cm³/mol. The van der Waals surface area contributed by atoms with Crippen molar-refractivity contribution in [1.82, 2.24) is 5.32 Å². The second-order valence-corrected chi connectivity index (χ2v) is 6.10. The standard InChI is InChI=1S/C16H18N2O2/c1-10-2-4-12(17-9-10)11-3-5-14-13(8-11)18-15(19)16(20-14)6-7-16/h3-5,8,10,17H,2,6-7,9H2,1H3,(H,18,19)/t10-/m0/s1. The van der Waals surface area contributed by atoms with Crippen molar-refractivity contribution in [2.24, 2.45) is 5.92 Å². The van der Waals surface area contributed by atoms with Crippen molar-refractivity contribution in [3.8, 4) is 5.75 Å². The predicted octanol–water partition coefficient (Wildman–Crippen LogP) is 2.52. The molecule has 1 amide bonds. The Hall–Kier alpha value is -1.97. The lowest BCUT2D eigenvalue weighted by Gasteiger charge is -2.27. The van der Waals surface area contributed by atoms with E-state index >= 15 is 0 Å². The Morgan fingerprint density at radius 2 is 2.20 bits per heavy atom. The number of anilines is 1. The summed E-state index contributed by atoms with van der Waals surface area (Å²) in [5.74, 6) is 1.46. The summed E-state index contributed by atoms with van der Waals surface area (Å²) in [6.07, 6.45) is 4.96. The van der Waals surface area contributed by atoms with Gasteiger partial charge < -0.3 is 15.4 Å². The van der Waals surface area contributed by atoms with Crippen molar-refractivity contribution in [2.75, 3.05) is 11.9 Å². The van der Waals surface area contributed by atoms with Crippen molar-refractivity contribution in [2.45, 2.75) is 31.8 Å². The van der Waals surface area contributed by atoms with Gasteiger partial charge in [-0.15, -0.1) is 0 Å². The number of carbonyl (C=O) groups excluding carboxylic acids is 1. The molecule has 4 nitrogen and oxygen atoms in total. The molecule has 1 aromatic rings. The monoisotopic (exact) mass is 270 g/mol. The van der Waals surface area contributed by atoms with Crippen LogP contribution >= 0.6 is 0 Å². The third-order valence-electron chi connectivity index (χ3n) is 4.33. The van der Waals surface area contributed by atoms with Gasteiger partial charge in [-0.3, -0.25) is 4.79 Å². The third-order valence-corrected chi connectivity index (χ3v) is 4.33. The van der Waals surface area contributed by atoms with E-state index in [1.54, 1.807) is 0 Å². The topological polar surface area (TPSA) is 50.4 Å². The Bertz CT molecular complexity index is 617. The van der Waals surface area contributed by atoms with Gasteiger partial charge in [-0.05, 0) is 36.1 Å². The summed E-state index contributed by atoms with van der Waals surface area (Å²) in [5, 5.41) is 6.42. The van der Waals surface area contributed by atoms with E-state index in [1.165, 1.54) is 0 Å². The average molecular weight is 270 g/mol. The molecular weight excluding hydrogens is 252 g/mol. The lowest BCUT2D eigenvalue weighted by Crippen LogP contribution is -2.39. The number of fused-ring (bicyclic) bond motifs is 1. The van der Waals surface area contributed by atoms with Gasteiger partial charge in [0.1, 0.15) is 5.75 Å². The number of carbonyl (C=O) groups is 1. The molecule has 1 aromatic carbocycles. The van der Waals surface area contributed by atoms with E-state index < -0.39 is 5.60 Å². The van der Waals surface area contributed by atoms with E-state index in [9.17, 15) is 4.79 Å². The Balaban J connectivity index is 1.65. The molecule has 0 saturated heterocycles. The zero-order chi connectivity index (χ0) is 13.7. The molecule has 0 radical (unpaired) electrons. The van der Waals surface area contributed by atoms with E-state index in [0.29, 0.717) is 5.92 Å². The van der Waals surface area contributed by atoms with Crippen molar-refractivity contribution < 1.29 is 9.53 Å². The molecule has 4 rings (SSSR count). The maximum atomic E-state index is 12.0. The quantitative estimate of drug-likeness (QED) is 0.824. The SMILES string of the molecule is C[C@H]1CC=C(c2ccc3c(c2)NC(=O)C2(CC2)O3)NC1. The highest BCUT2D eigenvalue weighted by atomic mass is 16.5. The van der Waals surface area contributed by atoms with Crippen LogP contribution in [0, 0.1) is 5.92 Å². The van der Waals surface area contributed by atoms with Crippen molar-refractivity contribution in [1.29, 1.82) is 0 Å². The first-order valence-corrected chi connectivity index (χ1v) is 7.25. The van der Waals surface area contributed by atoms with Gasteiger partial charge >= 0.3 is 0 Å². The highest BCUT2D eigenvalue weighted by Crippen LogP contribution is 2.47. The molecule has 1 fully saturated rings. The Morgan fingerprint density at radius 1 is 1.35 bits per heavy atom. The van der Waals surface area contributed by atoms with Crippen LogP contribution in [0.25, 0.3) is 5.70 Å². The van der Waals surface area contributed by atoms with Gasteiger partial charge in [-0.2, -0.15) is 0 Å². The summed E-state index contributed by atoms with van der Waals surface area (Å²) < 4.78 is 5.85. The zero-order valence-electron chi connectivity index (χ0n) is 11.5. The number of allylic oxidation sites excluding steroid dienone is 1. The molecule has 20 heavy (non-hydrogen) atoms. The fourth-order valence-corrected chi connectivity index (χ4v) is 2.80. The maximum absolute atomic E-state index is 12.0. The first kappa shape index (κ1) is 11.8. The molecule has 1 atom stereocenters. The van der Waals surface area contributed by atoms with Gasteiger partial charge in [0.15, 0.2) is 5.60 Å². The van der Waals surface area contributed by atoms with Crippen LogP contribution in [-0.2, 0) is 4.79 Å². The van der Waals surface area contributed by atoms with Gasteiger partial charge in [0.25, 0.3) is 5.91 Å². The average Bonchev–Trinajstić information content (AvgIpc) is 3.21. The highest BCUT2D eigenvalue weighted by Gasteiger charge is 2.55. The molecule has 1 aliphatic carbocycles. The molecule has 3 aliphatic rings. The van der Waals surface area contributed by atoms with Crippen LogP contribution in [0.5, 0.6) is 5.75 Å². The van der Waals surface area contributed by atoms with E-state index in [4.69, 9.17) is 4.74 Å². The summed E-state index contributed by atoms with van der Waals surface area (Å²) in [7, 11) is 0. The van der Waals surface area contributed by atoms with Crippen molar-refractivity contribution >= 4 is 17.3 Å². The molecule has 1 spiro atoms. The van der Waals surface area contributed by atoms with Crippen LogP contribution in [-0.4, -0.2) is 18.1 Å². The van der Waals surface area contributed by atoms with Crippen LogP contribution in [0.3, 0.4) is 0 Å². The largest absolute Gasteiger partial charge is 0.475 e. The Labute approximate surface area is 118 Å². The van der Waals surface area contributed by atoms with Gasteiger partial charge in [0, 0.05) is 25.1 Å². The van der Waals surface area contributed by atoms with Gasteiger partial charge in [0.2, 0.25) is 0 Å². The number of hydrogen-bond acceptors (Lipinski definition) is 3. The van der Waals surface area contributed by atoms with Crippen LogP contribution < -0.4 is 15.4 Å². The molecule has 4 heteroatoms. The molecule has 0 unspecified atom stereocenters. The normalized spacial score (nSPS) is 25.9. The van der Waals surface area contributed by atoms with Crippen LogP contribution in [0.15, 0.2) is 24.3 Å². The van der Waals surface area contributed by atoms with Crippen LogP contribution in [0.2, 0.25) is 0 Å². The molecule has 2 N–H and O–H groups in total. The van der Waals surface area contributed by atoms with Gasteiger partial charge in [-0.1, -0.05) is 13.0 Å². The Kier molecular flexibility index (Phi) is 2.37. The lowest BCUT2D eigenvalue weighted by molar-refractivity contribution is -0.125. The summed E-state index contributed by atoms with van der Waals surface area (Å²) in [5.41, 5.74) is 2.47. The Morgan fingerprint density at radius 3 is 2.90 bits per heavy atom. The number of amides is 1. The van der Waals surface area contributed by atoms with Gasteiger partial charge in [0.05, 0.1) is 5.69 Å². The van der Waals surface area contributed by atoms with Gasteiger partial charge in [-0.25, -0.2) is 0 Å². The minimum atomic E-state index is -0.563. The molecule has 2 heterocycles. The summed E-state index contributed by atoms with van der Waals surface area (Å²) in [6.45, 7) is 3.23. The zero-order valence-corrected chi connectivity index (χ0v) is 11.5. The molecule has 2 aliphatic heterocycles. The smallest absolute Gasteiger partial charge is 0.268 e. The van der Waals surface area contributed by atoms with Crippen molar-refractivity contribution in [3.05, 3.63) is 29.8 Å². The lowest BCUT2D eigenvalue weighted by atomic mass is 9.99. The molecule has 104 valence electrons. The summed E-state index contributed by atoms with van der Waals surface area (Å²) >= 11 is 0. The van der Waals surface area contributed by atoms with E-state index in [1.807, 2.05) is 12.1 Å². The molecule has 0 aromatic heterocycles. The summed E-state index contributed by atoms with van der Waals surface area (Å²) in [6, 6.07) is 6.02. The van der Waals surface area contributed by atoms with Crippen molar-refractivity contribution in [3.63, 3.8) is 0 Å². The summed E-state index contributed by atoms with van der Waals surface area (Å²) in [4.78, 5) is 12.0. The fraction of sp³-hybridized carbons (Fsp3) is 0.438. The second kappa shape index (κ2) is 4.01. The minimum absolute atomic E-state index is 0.00125. The third kappa shape index (κ3) is 1.79. The first-order chi connectivity index (χ1) is 9.66. The van der Waals surface area contributed by atoms with E-state index in [0.717, 1.165) is 48.5 Å². The van der Waals surface area contributed by atoms with Crippen LogP contribution in [0.1, 0.15) is 31.7 Å². The minimum Gasteiger partial charge on any atom is -0.475 e. The number of nitrogens with one attached hydrogen (secondary N) is 2. The molecular formula is C16H18N2O2. The van der Waals surface area contributed by atoms with E-state index in [-0.39, 0.29) is 5.91 Å². The molecule has 0 bridgehead atoms. The number of benzene rings is 1. The maximum Gasteiger partial charge on any atom is 0.268 e. The molecule has 1 saturated carbocycles. The highest BCUT2D eigenvalue weighted by molar-refractivity contribution is 6.03. The van der Waals surface area contributed by atoms with E-state index in [2.05, 4.69) is 29.7 Å². The number of hydrogen-bond donors (Lipinski definition) is 2. The number of ether oxygens (including phenoxy) is 1. The number of rotatable bonds is 1.